The average Bonchev–Trinajstić information content (AvgIpc) is 3.08. The van der Waals surface area contributed by atoms with Crippen LogP contribution in [0, 0.1) is 13.8 Å². The van der Waals surface area contributed by atoms with Crippen molar-refractivity contribution in [3.05, 3.63) is 41.2 Å². The lowest BCUT2D eigenvalue weighted by Crippen LogP contribution is -2.37. The second-order valence-electron chi connectivity index (χ2n) is 7.56. The molecule has 0 amide bonds. The Balaban J connectivity index is 1.51. The smallest absolute Gasteiger partial charge is 0.318 e. The lowest BCUT2D eigenvalue weighted by atomic mass is 10.1. The molecule has 31 heavy (non-hydrogen) atoms. The van der Waals surface area contributed by atoms with Gasteiger partial charge in [-0.05, 0) is 44.7 Å². The molecule has 0 spiro atoms. The van der Waals surface area contributed by atoms with E-state index in [9.17, 15) is 0 Å². The van der Waals surface area contributed by atoms with Gasteiger partial charge < -0.3 is 24.7 Å². The monoisotopic (exact) mass is 423 g/mol. The van der Waals surface area contributed by atoms with Gasteiger partial charge in [-0.25, -0.2) is 0 Å². The van der Waals surface area contributed by atoms with Crippen molar-refractivity contribution in [2.24, 2.45) is 10.2 Å². The summed E-state index contributed by atoms with van der Waals surface area (Å²) in [7, 11) is 1.88. The summed E-state index contributed by atoms with van der Waals surface area (Å²) in [5.74, 6) is 0.836. The molecule has 4 rings (SSSR count). The largest absolute Gasteiger partial charge is 0.462 e. The molecular weight excluding hydrogens is 394 g/mol. The van der Waals surface area contributed by atoms with Gasteiger partial charge >= 0.3 is 6.01 Å². The Hall–Kier alpha value is -3.04. The van der Waals surface area contributed by atoms with Gasteiger partial charge in [0.2, 0.25) is 0 Å². The molecule has 2 N–H and O–H groups in total. The van der Waals surface area contributed by atoms with Gasteiger partial charge in [-0.3, -0.25) is 0 Å². The maximum Gasteiger partial charge on any atom is 0.318 e. The molecule has 0 radical (unpaired) electrons. The van der Waals surface area contributed by atoms with E-state index in [4.69, 9.17) is 9.47 Å². The van der Waals surface area contributed by atoms with Crippen molar-refractivity contribution in [2.45, 2.75) is 20.4 Å². The van der Waals surface area contributed by atoms with Crippen LogP contribution in [-0.2, 0) is 11.3 Å². The van der Waals surface area contributed by atoms with E-state index in [0.717, 1.165) is 42.4 Å². The zero-order valence-electron chi connectivity index (χ0n) is 18.3. The third-order valence-electron chi connectivity index (χ3n) is 5.37. The minimum absolute atomic E-state index is 0.353. The topological polar surface area (TPSA) is 100 Å². The first-order valence-electron chi connectivity index (χ1n) is 10.6. The summed E-state index contributed by atoms with van der Waals surface area (Å²) in [6.07, 6.45) is 0. The van der Waals surface area contributed by atoms with Crippen LogP contribution in [0.15, 0.2) is 34.5 Å². The van der Waals surface area contributed by atoms with E-state index in [1.807, 2.05) is 25.2 Å². The van der Waals surface area contributed by atoms with Gasteiger partial charge in [-0.1, -0.05) is 0 Å². The van der Waals surface area contributed by atoms with Gasteiger partial charge in [0.05, 0.1) is 24.6 Å². The second kappa shape index (κ2) is 9.84. The molecule has 1 saturated heterocycles. The van der Waals surface area contributed by atoms with E-state index in [1.165, 1.54) is 16.6 Å². The van der Waals surface area contributed by atoms with Gasteiger partial charge in [-0.15, -0.1) is 0 Å². The summed E-state index contributed by atoms with van der Waals surface area (Å²) in [6, 6.07) is 8.39. The summed E-state index contributed by atoms with van der Waals surface area (Å²) in [5.41, 5.74) is 5.12. The molecule has 0 aliphatic carbocycles. The van der Waals surface area contributed by atoms with E-state index in [-0.39, 0.29) is 0 Å². The number of aromatic amines is 1. The van der Waals surface area contributed by atoms with E-state index in [2.05, 4.69) is 55.3 Å². The molecule has 2 aromatic heterocycles. The summed E-state index contributed by atoms with van der Waals surface area (Å²) in [4.78, 5) is 14.7. The zero-order chi connectivity index (χ0) is 21.6. The van der Waals surface area contributed by atoms with Crippen LogP contribution >= 0.6 is 0 Å². The van der Waals surface area contributed by atoms with Crippen molar-refractivity contribution in [3.8, 4) is 6.01 Å². The molecule has 164 valence electrons. The Morgan fingerprint density at radius 1 is 1.19 bits per heavy atom. The normalized spacial score (nSPS) is 14.6. The highest BCUT2D eigenvalue weighted by Crippen LogP contribution is 2.26. The van der Waals surface area contributed by atoms with Crippen molar-refractivity contribution >= 4 is 22.4 Å². The lowest BCUT2D eigenvalue weighted by Gasteiger charge is -2.28. The van der Waals surface area contributed by atoms with E-state index in [1.54, 1.807) is 0 Å². The Bertz CT molecular complexity index is 1060. The minimum atomic E-state index is 0.353. The number of hydrogen-bond acceptors (Lipinski definition) is 8. The number of azo groups is 1. The Labute approximate surface area is 181 Å². The lowest BCUT2D eigenvalue weighted by molar-refractivity contribution is 0.122. The van der Waals surface area contributed by atoms with Gasteiger partial charge in [0.1, 0.15) is 19.0 Å². The molecule has 1 fully saturated rings. The minimum Gasteiger partial charge on any atom is -0.462 e. The van der Waals surface area contributed by atoms with E-state index in [0.29, 0.717) is 32.4 Å². The number of morpholine rings is 1. The first-order valence-corrected chi connectivity index (χ1v) is 10.6. The van der Waals surface area contributed by atoms with Crippen LogP contribution in [-0.4, -0.2) is 61.5 Å². The van der Waals surface area contributed by atoms with Crippen molar-refractivity contribution in [1.82, 2.24) is 20.3 Å². The van der Waals surface area contributed by atoms with Crippen LogP contribution < -0.4 is 15.0 Å². The summed E-state index contributed by atoms with van der Waals surface area (Å²) in [6.45, 7) is 8.73. The molecule has 1 aromatic carbocycles. The van der Waals surface area contributed by atoms with Crippen LogP contribution in [0.3, 0.4) is 0 Å². The van der Waals surface area contributed by atoms with Crippen molar-refractivity contribution in [3.63, 3.8) is 0 Å². The van der Waals surface area contributed by atoms with Gasteiger partial charge in [0.25, 0.3) is 0 Å². The molecule has 1 aliphatic heterocycles. The first-order chi connectivity index (χ1) is 15.1. The summed E-state index contributed by atoms with van der Waals surface area (Å²) in [5, 5.41) is 13.0. The number of fused-ring (bicyclic) bond motifs is 1. The SMILES string of the molecule is CNCCOc1nc(CN=Nc2ccc3[nH]c(C)c(C)c3c2)cc(N2CCOCC2)n1. The fourth-order valence-electron chi connectivity index (χ4n) is 3.50. The van der Waals surface area contributed by atoms with Gasteiger partial charge in [0.15, 0.2) is 0 Å². The van der Waals surface area contributed by atoms with Crippen LogP contribution in [0.4, 0.5) is 11.5 Å². The quantitative estimate of drug-likeness (QED) is 0.426. The average molecular weight is 424 g/mol. The van der Waals surface area contributed by atoms with Crippen LogP contribution in [0.25, 0.3) is 10.9 Å². The predicted molar refractivity (Wildman–Crippen MR) is 120 cm³/mol. The molecule has 0 atom stereocenters. The van der Waals surface area contributed by atoms with Gasteiger partial charge in [0, 0.05) is 42.3 Å². The van der Waals surface area contributed by atoms with Crippen LogP contribution in [0.5, 0.6) is 6.01 Å². The van der Waals surface area contributed by atoms with Crippen molar-refractivity contribution in [2.75, 3.05) is 51.4 Å². The van der Waals surface area contributed by atoms with Gasteiger partial charge in [-0.2, -0.15) is 20.2 Å². The number of nitrogens with one attached hydrogen (secondary N) is 2. The number of benzene rings is 1. The third-order valence-corrected chi connectivity index (χ3v) is 5.37. The third kappa shape index (κ3) is 5.18. The molecule has 0 bridgehead atoms. The number of likely N-dealkylation sites (N-methyl/N-ethyl adjacent to an activating group) is 1. The number of nitrogens with zero attached hydrogens (tertiary/aromatic N) is 5. The fourth-order valence-corrected chi connectivity index (χ4v) is 3.50. The van der Waals surface area contributed by atoms with E-state index >= 15 is 0 Å². The molecule has 9 nitrogen and oxygen atoms in total. The number of hydrogen-bond donors (Lipinski definition) is 2. The van der Waals surface area contributed by atoms with E-state index < -0.39 is 0 Å². The van der Waals surface area contributed by atoms with Crippen LogP contribution in [0.1, 0.15) is 17.0 Å². The number of aromatic nitrogens is 3. The highest BCUT2D eigenvalue weighted by molar-refractivity contribution is 5.86. The van der Waals surface area contributed by atoms with Crippen molar-refractivity contribution < 1.29 is 9.47 Å². The number of aryl methyl sites for hydroxylation is 2. The Morgan fingerprint density at radius 2 is 2.03 bits per heavy atom. The standard InChI is InChI=1S/C22H29N7O2/c1-15-16(2)25-20-5-4-17(12-19(15)20)28-24-14-18-13-21(29-7-10-30-11-8-29)27-22(26-18)31-9-6-23-3/h4-5,12-13,23,25H,6-11,14H2,1-3H3. The number of rotatable bonds is 8. The summed E-state index contributed by atoms with van der Waals surface area (Å²) < 4.78 is 11.2. The zero-order valence-corrected chi connectivity index (χ0v) is 18.3. The number of anilines is 1. The number of H-pyrrole nitrogens is 1. The highest BCUT2D eigenvalue weighted by atomic mass is 16.5. The van der Waals surface area contributed by atoms with Crippen molar-refractivity contribution in [1.29, 1.82) is 0 Å². The maximum absolute atomic E-state index is 5.73. The van der Waals surface area contributed by atoms with Crippen LogP contribution in [0.2, 0.25) is 0 Å². The molecule has 1 aliphatic rings. The molecule has 0 unspecified atom stereocenters. The molecule has 9 heteroatoms. The predicted octanol–water partition coefficient (Wildman–Crippen LogP) is 3.29. The molecule has 3 heterocycles. The molecular formula is C22H29N7O2. The Morgan fingerprint density at radius 3 is 2.84 bits per heavy atom. The summed E-state index contributed by atoms with van der Waals surface area (Å²) >= 11 is 0. The maximum atomic E-state index is 5.73. The fraction of sp³-hybridized carbons (Fsp3) is 0.455. The second-order valence-corrected chi connectivity index (χ2v) is 7.56. The molecule has 0 saturated carbocycles. The Kier molecular flexibility index (Phi) is 6.73. The number of ether oxygens (including phenoxy) is 2. The highest BCUT2D eigenvalue weighted by Gasteiger charge is 2.15. The molecule has 3 aromatic rings. The first kappa shape index (κ1) is 21.2.